The van der Waals surface area contributed by atoms with E-state index in [0.717, 1.165) is 12.8 Å². The van der Waals surface area contributed by atoms with Crippen LogP contribution in [0.25, 0.3) is 5.69 Å². The van der Waals surface area contributed by atoms with E-state index in [-0.39, 0.29) is 51.6 Å². The average molecular weight is 608 g/mol. The number of carbonyl (C=O) groups excluding carboxylic acids is 1. The summed E-state index contributed by atoms with van der Waals surface area (Å²) in [6, 6.07) is 6.73. The van der Waals surface area contributed by atoms with Crippen LogP contribution in [0.2, 0.25) is 5.02 Å². The number of ether oxygens (including phenoxy) is 2. The molecule has 1 unspecified atom stereocenters. The minimum atomic E-state index is -4.80. The number of nitrogen functional groups attached to an aromatic ring is 1. The van der Waals surface area contributed by atoms with E-state index < -0.39 is 12.3 Å². The number of aryl methyl sites for hydroxylation is 1. The van der Waals surface area contributed by atoms with Crippen molar-refractivity contribution in [2.75, 3.05) is 30.3 Å². The molecule has 14 heteroatoms. The normalized spacial score (nSPS) is 19.3. The molecule has 0 bridgehead atoms. The lowest BCUT2D eigenvalue weighted by Gasteiger charge is -2.39. The number of nitrogens with two attached hydrogens (primary N) is 1. The van der Waals surface area contributed by atoms with Crippen molar-refractivity contribution in [3.63, 3.8) is 0 Å². The third-order valence-electron chi connectivity index (χ3n) is 7.63. The molecule has 3 N–H and O–H groups in total. The Balaban J connectivity index is 1.35. The van der Waals surface area contributed by atoms with Crippen molar-refractivity contribution in [1.29, 1.82) is 0 Å². The number of piperidine rings is 1. The molecule has 4 heterocycles. The van der Waals surface area contributed by atoms with Gasteiger partial charge in [-0.2, -0.15) is 28.2 Å². The number of nitrogens with zero attached hydrogens (tertiary/aromatic N) is 5. The lowest BCUT2D eigenvalue weighted by atomic mass is 9.76. The summed E-state index contributed by atoms with van der Waals surface area (Å²) >= 11 is 6.14. The monoisotopic (exact) mass is 607 g/mol. The van der Waals surface area contributed by atoms with E-state index in [2.05, 4.69) is 20.4 Å². The fourth-order valence-electron chi connectivity index (χ4n) is 5.56. The highest BCUT2D eigenvalue weighted by Gasteiger charge is 2.46. The van der Waals surface area contributed by atoms with Gasteiger partial charge < -0.3 is 25.4 Å². The van der Waals surface area contributed by atoms with Crippen molar-refractivity contribution in [2.45, 2.75) is 64.5 Å². The quantitative estimate of drug-likeness (QED) is 0.365. The number of carbonyl (C=O) groups is 1. The number of rotatable bonds is 7. The maximum atomic E-state index is 14.5. The average Bonchev–Trinajstić information content (AvgIpc) is 3.53. The zero-order valence-electron chi connectivity index (χ0n) is 23.5. The molecule has 2 aromatic heterocycles. The van der Waals surface area contributed by atoms with Gasteiger partial charge in [-0.25, -0.2) is 4.68 Å². The fourth-order valence-corrected chi connectivity index (χ4v) is 5.72. The fraction of sp³-hybridized carbons (Fsp3) is 0.500. The van der Waals surface area contributed by atoms with E-state index in [4.69, 9.17) is 26.8 Å². The van der Waals surface area contributed by atoms with E-state index >= 15 is 0 Å². The van der Waals surface area contributed by atoms with Crippen molar-refractivity contribution >= 4 is 29.3 Å². The summed E-state index contributed by atoms with van der Waals surface area (Å²) in [5.41, 5.74) is 6.43. The van der Waals surface area contributed by atoms with Crippen LogP contribution in [0.3, 0.4) is 0 Å². The van der Waals surface area contributed by atoms with E-state index in [0.29, 0.717) is 37.6 Å². The predicted molar refractivity (Wildman–Crippen MR) is 151 cm³/mol. The van der Waals surface area contributed by atoms with E-state index in [1.807, 2.05) is 18.7 Å². The highest BCUT2D eigenvalue weighted by atomic mass is 35.5. The summed E-state index contributed by atoms with van der Waals surface area (Å²) in [5, 5.41) is 7.79. The first kappa shape index (κ1) is 29.9. The molecular weight excluding hydrogens is 575 g/mol. The molecule has 2 saturated heterocycles. The Morgan fingerprint density at radius 2 is 1.93 bits per heavy atom. The Morgan fingerprint density at radius 3 is 2.57 bits per heavy atom. The highest BCUT2D eigenvalue weighted by molar-refractivity contribution is 6.30. The zero-order valence-corrected chi connectivity index (χ0v) is 24.2. The van der Waals surface area contributed by atoms with E-state index in [9.17, 15) is 18.0 Å². The van der Waals surface area contributed by atoms with Gasteiger partial charge in [0.15, 0.2) is 0 Å². The number of hydrogen-bond donors (Lipinski definition) is 2. The largest absolute Gasteiger partial charge is 0.462 e. The lowest BCUT2D eigenvalue weighted by Crippen LogP contribution is -2.41. The molecule has 10 nitrogen and oxygen atoms in total. The summed E-state index contributed by atoms with van der Waals surface area (Å²) < 4.78 is 55.6. The molecule has 3 aromatic rings. The van der Waals surface area contributed by atoms with Gasteiger partial charge in [0, 0.05) is 42.5 Å². The maximum Gasteiger partial charge on any atom is 0.429 e. The molecule has 2 fully saturated rings. The Hall–Kier alpha value is -3.58. The van der Waals surface area contributed by atoms with Crippen LogP contribution in [0.4, 0.5) is 24.9 Å². The first-order chi connectivity index (χ1) is 19.8. The van der Waals surface area contributed by atoms with Crippen molar-refractivity contribution in [2.24, 2.45) is 5.41 Å². The zero-order chi connectivity index (χ0) is 30.2. The van der Waals surface area contributed by atoms with E-state index in [1.165, 1.54) is 28.9 Å². The Kier molecular flexibility index (Phi) is 8.26. The van der Waals surface area contributed by atoms with Crippen LogP contribution in [-0.4, -0.2) is 63.7 Å². The summed E-state index contributed by atoms with van der Waals surface area (Å²) in [6.07, 6.45) is -3.63. The highest BCUT2D eigenvalue weighted by Crippen LogP contribution is 2.42. The van der Waals surface area contributed by atoms with Gasteiger partial charge in [0.2, 0.25) is 17.9 Å². The summed E-state index contributed by atoms with van der Waals surface area (Å²) in [7, 11) is 0. The van der Waals surface area contributed by atoms with Gasteiger partial charge in [0.05, 0.1) is 17.5 Å². The van der Waals surface area contributed by atoms with Crippen LogP contribution >= 0.6 is 11.6 Å². The standard InChI is InChI=1S/C28H33ClF3N7O3/c1-16(2)41-25(40)20-14-27(15-34-20)7-10-38(11-8-27)22-13-23(36-26(33)35-22)42-24(28(30,31)32)19-5-4-18(29)12-21(19)39-9-6-17(3)37-39/h4-6,9,12-13,16,20,24,34H,7-8,10-11,14-15H2,1-3H3,(H2,33,35,36)/t20?,24-/m1/s1. The minimum Gasteiger partial charge on any atom is -0.462 e. The number of anilines is 2. The van der Waals surface area contributed by atoms with Gasteiger partial charge in [-0.1, -0.05) is 17.7 Å². The number of halogens is 4. The third-order valence-corrected chi connectivity index (χ3v) is 7.87. The second-order valence-corrected chi connectivity index (χ2v) is 11.6. The molecule has 0 amide bonds. The maximum absolute atomic E-state index is 14.5. The summed E-state index contributed by atoms with van der Waals surface area (Å²) in [4.78, 5) is 22.6. The van der Waals surface area contributed by atoms with Crippen molar-refractivity contribution in [3.05, 3.63) is 52.8 Å². The Morgan fingerprint density at radius 1 is 1.19 bits per heavy atom. The first-order valence-electron chi connectivity index (χ1n) is 13.7. The van der Waals surface area contributed by atoms with Gasteiger partial charge in [0.25, 0.3) is 0 Å². The number of alkyl halides is 3. The topological polar surface area (TPSA) is 120 Å². The molecule has 5 rings (SSSR count). The van der Waals surface area contributed by atoms with Crippen molar-refractivity contribution in [3.8, 4) is 11.6 Å². The molecule has 1 spiro atoms. The van der Waals surface area contributed by atoms with E-state index in [1.54, 1.807) is 19.2 Å². The smallest absolute Gasteiger partial charge is 0.429 e. The Bertz CT molecular complexity index is 1440. The molecule has 0 aliphatic carbocycles. The lowest BCUT2D eigenvalue weighted by molar-refractivity contribution is -0.198. The van der Waals surface area contributed by atoms with Gasteiger partial charge >= 0.3 is 12.1 Å². The molecule has 0 saturated carbocycles. The molecule has 2 atom stereocenters. The number of benzene rings is 1. The SMILES string of the molecule is Cc1ccn(-c2cc(Cl)ccc2[C@@H](Oc2cc(N3CCC4(CC3)CNC(C(=O)OC(C)C)C4)nc(N)n2)C(F)(F)F)n1. The second-order valence-electron chi connectivity index (χ2n) is 11.2. The molecule has 42 heavy (non-hydrogen) atoms. The van der Waals surface area contributed by atoms with Gasteiger partial charge in [-0.05, 0) is 63.6 Å². The van der Waals surface area contributed by atoms with Gasteiger partial charge in [0.1, 0.15) is 11.9 Å². The second kappa shape index (κ2) is 11.6. The summed E-state index contributed by atoms with van der Waals surface area (Å²) in [6.45, 7) is 7.20. The van der Waals surface area contributed by atoms with Crippen LogP contribution in [0.15, 0.2) is 36.5 Å². The molecule has 0 radical (unpaired) electrons. The molecule has 2 aliphatic heterocycles. The van der Waals surface area contributed by atoms with Crippen LogP contribution < -0.4 is 20.7 Å². The third kappa shape index (κ3) is 6.57. The van der Waals surface area contributed by atoms with Gasteiger partial charge in [-0.3, -0.25) is 4.79 Å². The number of esters is 1. The van der Waals surface area contributed by atoms with Crippen molar-refractivity contribution in [1.82, 2.24) is 25.1 Å². The molecule has 1 aromatic carbocycles. The van der Waals surface area contributed by atoms with Crippen LogP contribution in [0.5, 0.6) is 5.88 Å². The minimum absolute atomic E-state index is 0.0771. The number of nitrogens with one attached hydrogen (secondary N) is 1. The Labute approximate surface area is 246 Å². The van der Waals surface area contributed by atoms with Crippen LogP contribution in [-0.2, 0) is 9.53 Å². The molecular formula is C28H33ClF3N7O3. The first-order valence-corrected chi connectivity index (χ1v) is 14.1. The number of aromatic nitrogens is 4. The van der Waals surface area contributed by atoms with Crippen molar-refractivity contribution < 1.29 is 27.4 Å². The van der Waals surface area contributed by atoms with Gasteiger partial charge in [-0.15, -0.1) is 0 Å². The van der Waals surface area contributed by atoms with Crippen LogP contribution in [0.1, 0.15) is 50.5 Å². The molecule has 226 valence electrons. The molecule has 2 aliphatic rings. The summed E-state index contributed by atoms with van der Waals surface area (Å²) in [5.74, 6) is -0.395. The van der Waals surface area contributed by atoms with Crippen LogP contribution in [0, 0.1) is 12.3 Å². The number of hydrogen-bond acceptors (Lipinski definition) is 9. The predicted octanol–water partition coefficient (Wildman–Crippen LogP) is 4.79.